The van der Waals surface area contributed by atoms with Gasteiger partial charge in [-0.25, -0.2) is 0 Å². The van der Waals surface area contributed by atoms with Gasteiger partial charge in [0.15, 0.2) is 0 Å². The molecule has 8 heteroatoms. The van der Waals surface area contributed by atoms with Crippen molar-refractivity contribution < 1.29 is 19.2 Å². The summed E-state index contributed by atoms with van der Waals surface area (Å²) in [7, 11) is 0. The second kappa shape index (κ2) is 16.2. The Balaban J connectivity index is 1.34. The molecule has 4 aromatic carbocycles. The highest BCUT2D eigenvalue weighted by atomic mass is 16.2. The molecule has 0 radical (unpaired) electrons. The van der Waals surface area contributed by atoms with Crippen LogP contribution in [0.2, 0.25) is 0 Å². The van der Waals surface area contributed by atoms with Gasteiger partial charge in [-0.2, -0.15) is 0 Å². The predicted octanol–water partition coefficient (Wildman–Crippen LogP) is 4.21. The van der Waals surface area contributed by atoms with Crippen LogP contribution in [0.1, 0.15) is 38.3 Å². The zero-order valence-corrected chi connectivity index (χ0v) is 24.4. The normalized spacial score (nSPS) is 11.8. The minimum Gasteiger partial charge on any atom is -0.354 e. The largest absolute Gasteiger partial charge is 0.354 e. The van der Waals surface area contributed by atoms with Gasteiger partial charge in [0.1, 0.15) is 12.1 Å². The Labute approximate surface area is 257 Å². The van der Waals surface area contributed by atoms with E-state index < -0.39 is 18.0 Å². The Morgan fingerprint density at radius 1 is 0.545 bits per heavy atom. The highest BCUT2D eigenvalue weighted by Crippen LogP contribution is 2.08. The summed E-state index contributed by atoms with van der Waals surface area (Å²) in [5.41, 5.74) is 3.08. The van der Waals surface area contributed by atoms with E-state index in [1.54, 1.807) is 48.5 Å². The van der Waals surface area contributed by atoms with Crippen molar-refractivity contribution in [1.29, 1.82) is 0 Å². The van der Waals surface area contributed by atoms with Crippen LogP contribution in [0.15, 0.2) is 134 Å². The first-order valence-electron chi connectivity index (χ1n) is 14.4. The van der Waals surface area contributed by atoms with Crippen molar-refractivity contribution in [2.45, 2.75) is 31.3 Å². The van der Waals surface area contributed by atoms with E-state index in [0.29, 0.717) is 23.2 Å². The lowest BCUT2D eigenvalue weighted by atomic mass is 10.0. The summed E-state index contributed by atoms with van der Waals surface area (Å²) < 4.78 is 0. The molecule has 224 valence electrons. The van der Waals surface area contributed by atoms with Gasteiger partial charge in [0.2, 0.25) is 11.8 Å². The molecule has 0 saturated carbocycles. The monoisotopic (exact) mass is 588 g/mol. The maximum Gasteiger partial charge on any atom is 0.251 e. The Bertz CT molecular complexity index is 1540. The van der Waals surface area contributed by atoms with E-state index in [-0.39, 0.29) is 37.1 Å². The van der Waals surface area contributed by atoms with Crippen LogP contribution in [0.25, 0.3) is 0 Å². The number of hydrogen-bond donors (Lipinski definition) is 4. The smallest absolute Gasteiger partial charge is 0.251 e. The summed E-state index contributed by atoms with van der Waals surface area (Å²) >= 11 is 0. The summed E-state index contributed by atoms with van der Waals surface area (Å²) in [6.45, 7) is 4.14. The number of amides is 4. The third-order valence-corrected chi connectivity index (χ3v) is 6.91. The molecule has 0 saturated heterocycles. The molecule has 2 atom stereocenters. The van der Waals surface area contributed by atoms with Crippen molar-refractivity contribution in [3.63, 3.8) is 0 Å². The van der Waals surface area contributed by atoms with E-state index in [2.05, 4.69) is 27.8 Å². The molecule has 0 fully saturated rings. The number of carbonyl (C=O) groups is 4. The SMILES string of the molecule is C=C(CCNC(=O)[C@H](Cc1ccccc1)NC(=O)c1ccccc1)NC(=O)[C@H](Cc1ccccc1)NC(=O)c1ccccc1. The van der Waals surface area contributed by atoms with E-state index in [1.165, 1.54) is 0 Å². The molecule has 4 amide bonds. The Hall–Kier alpha value is -5.50. The van der Waals surface area contributed by atoms with Gasteiger partial charge in [-0.15, -0.1) is 0 Å². The number of benzene rings is 4. The molecule has 8 nitrogen and oxygen atoms in total. The average molecular weight is 589 g/mol. The van der Waals surface area contributed by atoms with Crippen LogP contribution in [0.5, 0.6) is 0 Å². The Morgan fingerprint density at radius 3 is 1.36 bits per heavy atom. The first kappa shape index (κ1) is 31.4. The van der Waals surface area contributed by atoms with Crippen molar-refractivity contribution in [1.82, 2.24) is 21.3 Å². The number of rotatable bonds is 14. The minimum absolute atomic E-state index is 0.185. The summed E-state index contributed by atoms with van der Waals surface area (Å²) in [4.78, 5) is 52.1. The van der Waals surface area contributed by atoms with E-state index in [0.717, 1.165) is 11.1 Å². The molecule has 0 aliphatic carbocycles. The molecule has 0 aliphatic rings. The summed E-state index contributed by atoms with van der Waals surface area (Å²) in [6.07, 6.45) is 0.857. The quantitative estimate of drug-likeness (QED) is 0.177. The van der Waals surface area contributed by atoms with Gasteiger partial charge in [0, 0.05) is 42.6 Å². The molecule has 0 aromatic heterocycles. The number of carbonyl (C=O) groups excluding carboxylic acids is 4. The predicted molar refractivity (Wildman–Crippen MR) is 171 cm³/mol. The van der Waals surface area contributed by atoms with Gasteiger partial charge in [-0.3, -0.25) is 19.2 Å². The summed E-state index contributed by atoms with van der Waals surface area (Å²) in [6, 6.07) is 34.6. The molecule has 0 spiro atoms. The van der Waals surface area contributed by atoms with Crippen molar-refractivity contribution in [3.8, 4) is 0 Å². The van der Waals surface area contributed by atoms with E-state index in [4.69, 9.17) is 0 Å². The van der Waals surface area contributed by atoms with Gasteiger partial charge in [-0.05, 0) is 35.4 Å². The fraction of sp³-hybridized carbons (Fsp3) is 0.167. The van der Waals surface area contributed by atoms with Gasteiger partial charge in [-0.1, -0.05) is 104 Å². The van der Waals surface area contributed by atoms with Crippen LogP contribution in [0.4, 0.5) is 0 Å². The van der Waals surface area contributed by atoms with Gasteiger partial charge in [0.05, 0.1) is 0 Å². The van der Waals surface area contributed by atoms with Crippen molar-refractivity contribution >= 4 is 23.6 Å². The fourth-order valence-electron chi connectivity index (χ4n) is 4.56. The standard InChI is InChI=1S/C36H36N4O4/c1-26(38-36(44)32(25-28-16-8-3-9-17-28)40-34(42)30-20-12-5-13-21-30)22-23-37-35(43)31(24-27-14-6-2-7-15-27)39-33(41)29-18-10-4-11-19-29/h2-21,31-32H,1,22-25H2,(H,37,43)(H,38,44)(H,39,41)(H,40,42)/t31-,32-/m0/s1. The molecule has 4 N–H and O–H groups in total. The molecule has 0 heterocycles. The third kappa shape index (κ3) is 9.80. The lowest BCUT2D eigenvalue weighted by Crippen LogP contribution is -2.49. The number of nitrogens with one attached hydrogen (secondary N) is 4. The summed E-state index contributed by atoms with van der Waals surface area (Å²) in [5, 5.41) is 11.3. The maximum absolute atomic E-state index is 13.3. The van der Waals surface area contributed by atoms with Crippen LogP contribution >= 0.6 is 0 Å². The Morgan fingerprint density at radius 2 is 0.932 bits per heavy atom. The second-order valence-electron chi connectivity index (χ2n) is 10.3. The van der Waals surface area contributed by atoms with Crippen molar-refractivity contribution in [2.24, 2.45) is 0 Å². The van der Waals surface area contributed by atoms with Gasteiger partial charge < -0.3 is 21.3 Å². The zero-order chi connectivity index (χ0) is 31.1. The van der Waals surface area contributed by atoms with E-state index >= 15 is 0 Å². The van der Waals surface area contributed by atoms with Crippen LogP contribution < -0.4 is 21.3 Å². The molecule has 4 aromatic rings. The lowest BCUT2D eigenvalue weighted by molar-refractivity contribution is -0.123. The van der Waals surface area contributed by atoms with E-state index in [1.807, 2.05) is 72.8 Å². The van der Waals surface area contributed by atoms with E-state index in [9.17, 15) is 19.2 Å². The Kier molecular flexibility index (Phi) is 11.6. The minimum atomic E-state index is -0.847. The molecule has 0 aliphatic heterocycles. The molecular weight excluding hydrogens is 552 g/mol. The highest BCUT2D eigenvalue weighted by Gasteiger charge is 2.24. The van der Waals surface area contributed by atoms with Crippen LogP contribution in [-0.4, -0.2) is 42.3 Å². The third-order valence-electron chi connectivity index (χ3n) is 6.91. The summed E-state index contributed by atoms with van der Waals surface area (Å²) in [5.74, 6) is -1.47. The lowest BCUT2D eigenvalue weighted by Gasteiger charge is -2.21. The topological polar surface area (TPSA) is 116 Å². The van der Waals surface area contributed by atoms with Crippen LogP contribution in [-0.2, 0) is 22.4 Å². The zero-order valence-electron chi connectivity index (χ0n) is 24.4. The second-order valence-corrected chi connectivity index (χ2v) is 10.3. The molecule has 4 rings (SSSR count). The van der Waals surface area contributed by atoms with Crippen LogP contribution in [0.3, 0.4) is 0 Å². The molecule has 0 unspecified atom stereocenters. The van der Waals surface area contributed by atoms with Crippen LogP contribution in [0, 0.1) is 0 Å². The highest BCUT2D eigenvalue weighted by molar-refractivity contribution is 5.98. The average Bonchev–Trinajstić information content (AvgIpc) is 3.05. The van der Waals surface area contributed by atoms with Crippen molar-refractivity contribution in [3.05, 3.63) is 156 Å². The first-order valence-corrected chi connectivity index (χ1v) is 14.4. The molecular formula is C36H36N4O4. The number of hydrogen-bond acceptors (Lipinski definition) is 4. The molecule has 44 heavy (non-hydrogen) atoms. The van der Waals surface area contributed by atoms with Crippen molar-refractivity contribution in [2.75, 3.05) is 6.54 Å². The van der Waals surface area contributed by atoms with Gasteiger partial charge >= 0.3 is 0 Å². The maximum atomic E-state index is 13.3. The fourth-order valence-corrected chi connectivity index (χ4v) is 4.56. The first-order chi connectivity index (χ1) is 21.4. The van der Waals surface area contributed by atoms with Gasteiger partial charge in [0.25, 0.3) is 11.8 Å². The molecule has 0 bridgehead atoms.